The van der Waals surface area contributed by atoms with Gasteiger partial charge in [-0.15, -0.1) is 0 Å². The van der Waals surface area contributed by atoms with E-state index < -0.39 is 0 Å². The summed E-state index contributed by atoms with van der Waals surface area (Å²) in [6.45, 7) is 3.25. The molecule has 1 aromatic rings. The summed E-state index contributed by atoms with van der Waals surface area (Å²) >= 11 is 0. The van der Waals surface area contributed by atoms with Crippen molar-refractivity contribution in [1.29, 1.82) is 0 Å². The molecule has 1 heterocycles. The number of hydrogen-bond acceptors (Lipinski definition) is 2. The van der Waals surface area contributed by atoms with Crippen LogP contribution in [0.5, 0.6) is 0 Å². The molecule has 19 heavy (non-hydrogen) atoms. The fourth-order valence-electron chi connectivity index (χ4n) is 2.48. The summed E-state index contributed by atoms with van der Waals surface area (Å²) in [4.78, 5) is 13.7. The van der Waals surface area contributed by atoms with Gasteiger partial charge in [0.2, 0.25) is 5.91 Å². The largest absolute Gasteiger partial charge is 0.322 e. The van der Waals surface area contributed by atoms with Crippen molar-refractivity contribution >= 4 is 5.91 Å². The van der Waals surface area contributed by atoms with Crippen LogP contribution in [-0.4, -0.2) is 23.9 Å². The Kier molecular flexibility index (Phi) is 4.91. The molecule has 1 unspecified atom stereocenters. The van der Waals surface area contributed by atoms with Crippen LogP contribution in [0.25, 0.3) is 0 Å². The number of hydrogen-bond donors (Lipinski definition) is 1. The van der Waals surface area contributed by atoms with Gasteiger partial charge in [0.1, 0.15) is 12.0 Å². The molecule has 0 radical (unpaired) electrons. The van der Waals surface area contributed by atoms with Crippen LogP contribution in [0.2, 0.25) is 0 Å². The Bertz CT molecular complexity index is 436. The van der Waals surface area contributed by atoms with Crippen LogP contribution >= 0.6 is 0 Å². The number of nitrogens with zero attached hydrogens (tertiary/aromatic N) is 1. The molecule has 0 spiro atoms. The minimum absolute atomic E-state index is 0.103. The average Bonchev–Trinajstić information content (AvgIpc) is 2.76. The Morgan fingerprint density at radius 1 is 1.37 bits per heavy atom. The Hall–Kier alpha value is -1.42. The molecule has 1 aliphatic heterocycles. The van der Waals surface area contributed by atoms with Crippen molar-refractivity contribution in [3.8, 4) is 0 Å². The predicted molar refractivity (Wildman–Crippen MR) is 73.0 cm³/mol. The fraction of sp³-hybridized carbons (Fsp3) is 0.533. The van der Waals surface area contributed by atoms with Crippen LogP contribution in [0.4, 0.5) is 4.39 Å². The van der Waals surface area contributed by atoms with E-state index in [0.29, 0.717) is 6.54 Å². The summed E-state index contributed by atoms with van der Waals surface area (Å²) in [6.07, 6.45) is 4.34. The third kappa shape index (κ3) is 3.53. The molecule has 1 saturated heterocycles. The van der Waals surface area contributed by atoms with Gasteiger partial charge in [0.05, 0.1) is 6.54 Å². The number of nitrogens with one attached hydrogen (secondary N) is 1. The van der Waals surface area contributed by atoms with E-state index in [1.165, 1.54) is 25.0 Å². The fourth-order valence-corrected chi connectivity index (χ4v) is 2.48. The number of unbranched alkanes of at least 4 members (excludes halogenated alkanes) is 3. The lowest BCUT2D eigenvalue weighted by Gasteiger charge is -2.24. The quantitative estimate of drug-likeness (QED) is 0.801. The minimum Gasteiger partial charge on any atom is -0.322 e. The van der Waals surface area contributed by atoms with E-state index in [0.717, 1.165) is 24.9 Å². The Labute approximate surface area is 113 Å². The van der Waals surface area contributed by atoms with E-state index >= 15 is 0 Å². The van der Waals surface area contributed by atoms with E-state index in [4.69, 9.17) is 0 Å². The van der Waals surface area contributed by atoms with Crippen molar-refractivity contribution in [1.82, 2.24) is 10.2 Å². The van der Waals surface area contributed by atoms with Gasteiger partial charge < -0.3 is 4.90 Å². The molecule has 1 aromatic carbocycles. The van der Waals surface area contributed by atoms with Gasteiger partial charge in [0, 0.05) is 6.54 Å². The SMILES string of the molecule is CCCCCCN1C(=O)CNC1c1cccc(F)c1. The second-order valence-electron chi connectivity index (χ2n) is 4.99. The maximum atomic E-state index is 13.3. The van der Waals surface area contributed by atoms with Crippen molar-refractivity contribution in [2.75, 3.05) is 13.1 Å². The van der Waals surface area contributed by atoms with Crippen LogP contribution in [0.15, 0.2) is 24.3 Å². The zero-order valence-corrected chi connectivity index (χ0v) is 11.4. The first-order valence-corrected chi connectivity index (χ1v) is 7.00. The molecule has 1 amide bonds. The molecule has 1 atom stereocenters. The number of amides is 1. The van der Waals surface area contributed by atoms with Gasteiger partial charge in [0.15, 0.2) is 0 Å². The summed E-state index contributed by atoms with van der Waals surface area (Å²) in [5.74, 6) is -0.157. The first-order chi connectivity index (χ1) is 9.22. The number of halogens is 1. The molecular formula is C15H21FN2O. The summed E-state index contributed by atoms with van der Waals surface area (Å²) in [5.41, 5.74) is 0.821. The van der Waals surface area contributed by atoms with Gasteiger partial charge in [0.25, 0.3) is 0 Å². The summed E-state index contributed by atoms with van der Waals surface area (Å²) in [5, 5.41) is 3.15. The second-order valence-corrected chi connectivity index (χ2v) is 4.99. The molecule has 2 rings (SSSR count). The van der Waals surface area contributed by atoms with Gasteiger partial charge in [-0.2, -0.15) is 0 Å². The molecule has 0 aliphatic carbocycles. The van der Waals surface area contributed by atoms with E-state index in [-0.39, 0.29) is 17.9 Å². The standard InChI is InChI=1S/C15H21FN2O/c1-2-3-4-5-9-18-14(19)11-17-15(18)12-7-6-8-13(16)10-12/h6-8,10,15,17H,2-5,9,11H2,1H3. The lowest BCUT2D eigenvalue weighted by atomic mass is 10.1. The molecule has 0 bridgehead atoms. The highest BCUT2D eigenvalue weighted by atomic mass is 19.1. The zero-order valence-electron chi connectivity index (χ0n) is 11.4. The smallest absolute Gasteiger partial charge is 0.238 e. The van der Waals surface area contributed by atoms with Crippen molar-refractivity contribution < 1.29 is 9.18 Å². The van der Waals surface area contributed by atoms with Crippen molar-refractivity contribution in [2.45, 2.75) is 38.8 Å². The van der Waals surface area contributed by atoms with Crippen molar-refractivity contribution in [3.05, 3.63) is 35.6 Å². The van der Waals surface area contributed by atoms with Gasteiger partial charge in [-0.25, -0.2) is 4.39 Å². The molecule has 1 aliphatic rings. The van der Waals surface area contributed by atoms with E-state index in [2.05, 4.69) is 12.2 Å². The van der Waals surface area contributed by atoms with Gasteiger partial charge >= 0.3 is 0 Å². The highest BCUT2D eigenvalue weighted by Gasteiger charge is 2.30. The number of rotatable bonds is 6. The van der Waals surface area contributed by atoms with Crippen molar-refractivity contribution in [2.24, 2.45) is 0 Å². The monoisotopic (exact) mass is 264 g/mol. The van der Waals surface area contributed by atoms with E-state index in [1.54, 1.807) is 6.07 Å². The molecule has 1 fully saturated rings. The average molecular weight is 264 g/mol. The molecule has 104 valence electrons. The van der Waals surface area contributed by atoms with Crippen LogP contribution in [0.1, 0.15) is 44.3 Å². The topological polar surface area (TPSA) is 32.3 Å². The predicted octanol–water partition coefficient (Wildman–Crippen LogP) is 2.84. The Balaban J connectivity index is 2.00. The first-order valence-electron chi connectivity index (χ1n) is 7.00. The van der Waals surface area contributed by atoms with Crippen LogP contribution in [0, 0.1) is 5.82 Å². The molecule has 3 nitrogen and oxygen atoms in total. The third-order valence-corrected chi connectivity index (χ3v) is 3.50. The first kappa shape index (κ1) is 14.0. The van der Waals surface area contributed by atoms with Gasteiger partial charge in [-0.05, 0) is 24.1 Å². The van der Waals surface area contributed by atoms with Gasteiger partial charge in [-0.3, -0.25) is 10.1 Å². The summed E-state index contributed by atoms with van der Waals surface area (Å²) < 4.78 is 13.3. The van der Waals surface area contributed by atoms with Gasteiger partial charge in [-0.1, -0.05) is 38.3 Å². The maximum absolute atomic E-state index is 13.3. The normalized spacial score (nSPS) is 19.2. The van der Waals surface area contributed by atoms with E-state index in [9.17, 15) is 9.18 Å². The Morgan fingerprint density at radius 2 is 2.21 bits per heavy atom. The summed E-state index contributed by atoms with van der Waals surface area (Å²) in [6, 6.07) is 6.46. The highest BCUT2D eigenvalue weighted by Crippen LogP contribution is 2.23. The van der Waals surface area contributed by atoms with Crippen LogP contribution in [0.3, 0.4) is 0 Å². The molecular weight excluding hydrogens is 243 g/mol. The van der Waals surface area contributed by atoms with Crippen LogP contribution in [-0.2, 0) is 4.79 Å². The van der Waals surface area contributed by atoms with Crippen LogP contribution < -0.4 is 5.32 Å². The number of carbonyl (C=O) groups excluding carboxylic acids is 1. The Morgan fingerprint density at radius 3 is 2.95 bits per heavy atom. The lowest BCUT2D eigenvalue weighted by Crippen LogP contribution is -2.31. The maximum Gasteiger partial charge on any atom is 0.238 e. The summed E-state index contributed by atoms with van der Waals surface area (Å²) in [7, 11) is 0. The van der Waals surface area contributed by atoms with Crippen molar-refractivity contribution in [3.63, 3.8) is 0 Å². The molecule has 4 heteroatoms. The van der Waals surface area contributed by atoms with E-state index in [1.807, 2.05) is 11.0 Å². The molecule has 0 saturated carbocycles. The number of carbonyl (C=O) groups is 1. The molecule has 0 aromatic heterocycles. The number of benzene rings is 1. The lowest BCUT2D eigenvalue weighted by molar-refractivity contribution is -0.128. The molecule has 1 N–H and O–H groups in total. The third-order valence-electron chi connectivity index (χ3n) is 3.50. The minimum atomic E-state index is -0.260. The second kappa shape index (κ2) is 6.66. The highest BCUT2D eigenvalue weighted by molar-refractivity contribution is 5.80. The zero-order chi connectivity index (χ0) is 13.7.